The van der Waals surface area contributed by atoms with Crippen LogP contribution in [0, 0.1) is 0 Å². The Morgan fingerprint density at radius 1 is 0.545 bits per heavy atom. The average molecular weight is 726 g/mol. The number of rotatable bonds is 18. The molecule has 1 aliphatic carbocycles. The summed E-state index contributed by atoms with van der Waals surface area (Å²) in [5.74, 6) is -3.45. The third-order valence-corrected chi connectivity index (χ3v) is 7.64. The minimum absolute atomic E-state index is 0.0631. The first-order valence-corrected chi connectivity index (χ1v) is 18.5. The third-order valence-electron chi connectivity index (χ3n) is 5.14. The van der Waals surface area contributed by atoms with Gasteiger partial charge in [-0.1, -0.05) is 20.8 Å². The maximum Gasteiger partial charge on any atom is 0.475 e. The van der Waals surface area contributed by atoms with E-state index in [2.05, 4.69) is 22.8 Å². The van der Waals surface area contributed by atoms with E-state index in [-0.39, 0.29) is 19.3 Å². The summed E-state index contributed by atoms with van der Waals surface area (Å²) in [5.41, 5.74) is 0. The van der Waals surface area contributed by atoms with Crippen LogP contribution in [0.1, 0.15) is 52.9 Å². The Kier molecular flexibility index (Phi) is 15.9. The van der Waals surface area contributed by atoms with Gasteiger partial charge in [0.15, 0.2) is 12.2 Å². The molecule has 26 heteroatoms. The predicted molar refractivity (Wildman–Crippen MR) is 137 cm³/mol. The van der Waals surface area contributed by atoms with Gasteiger partial charge in [-0.3, -0.25) is 32.5 Å². The van der Waals surface area contributed by atoms with Gasteiger partial charge < -0.3 is 48.5 Å². The van der Waals surface area contributed by atoms with E-state index in [4.69, 9.17) is 14.0 Å². The van der Waals surface area contributed by atoms with Gasteiger partial charge in [-0.15, -0.1) is 0 Å². The van der Waals surface area contributed by atoms with E-state index in [1.807, 2.05) is 0 Å². The molecule has 44 heavy (non-hydrogen) atoms. The van der Waals surface area contributed by atoms with Crippen molar-refractivity contribution < 1.29 is 104 Å². The van der Waals surface area contributed by atoms with E-state index in [0.29, 0.717) is 0 Å². The van der Waals surface area contributed by atoms with Crippen molar-refractivity contribution in [2.24, 2.45) is 0 Å². The Morgan fingerprint density at radius 3 is 1.18 bits per heavy atom. The number of ether oxygens (including phenoxy) is 3. The molecule has 0 bridgehead atoms. The predicted octanol–water partition coefficient (Wildman–Crippen LogP) is 0.270. The number of hydrogen-bond acceptors (Lipinski definition) is 15. The maximum atomic E-state index is 12.8. The lowest BCUT2D eigenvalue weighted by molar-refractivity contribution is -0.231. The first kappa shape index (κ1) is 40.9. The monoisotopic (exact) mass is 726 g/mol. The van der Waals surface area contributed by atoms with E-state index in [1.165, 1.54) is 20.8 Å². The number of phosphoric acid groups is 4. The Morgan fingerprint density at radius 2 is 0.886 bits per heavy atom. The number of phosphoric ester groups is 4. The summed E-state index contributed by atoms with van der Waals surface area (Å²) in [6.45, 7) is 3.04. The van der Waals surface area contributed by atoms with Crippen LogP contribution in [0.3, 0.4) is 0 Å². The summed E-state index contributed by atoms with van der Waals surface area (Å²) in [7, 11) is -23.1. The van der Waals surface area contributed by atoms with Gasteiger partial charge in [-0.05, 0) is 12.8 Å². The second-order valence-corrected chi connectivity index (χ2v) is 13.7. The lowest BCUT2D eigenvalue weighted by atomic mass is 9.84. The van der Waals surface area contributed by atoms with Crippen LogP contribution in [0.4, 0.5) is 0 Å². The average Bonchev–Trinajstić information content (AvgIpc) is 2.83. The highest BCUT2D eigenvalue weighted by molar-refractivity contribution is 7.47. The standard InChI is InChI=1S/C18H34O22P4/c1-4-7-11(20)35-13-15(37-41(22,23)24)16(38-42(25,26)27)14(36-12(21)8-5-2)18(17(13)39-43(28,29)30)40-44(31,32)34-9-33-10(19)6-3/h13-18H,4-9H2,1-3H3,(H,31,32)(H2,22,23,24)(H2,25,26,27)(H2,28,29,30)/t13-,14-,15-,16-,17+,18-/m1/s1. The summed E-state index contributed by atoms with van der Waals surface area (Å²) in [5, 5.41) is 0. The zero-order valence-corrected chi connectivity index (χ0v) is 26.8. The molecule has 0 heterocycles. The summed E-state index contributed by atoms with van der Waals surface area (Å²) >= 11 is 0. The Bertz CT molecular complexity index is 1170. The molecule has 1 saturated carbocycles. The largest absolute Gasteiger partial charge is 0.475 e. The fourth-order valence-electron chi connectivity index (χ4n) is 3.62. The zero-order valence-electron chi connectivity index (χ0n) is 23.2. The van der Waals surface area contributed by atoms with Crippen LogP contribution < -0.4 is 0 Å². The molecular formula is C18H34O22P4. The SMILES string of the molecule is CCCC(=O)O[C@@H]1[C@@H](OP(=O)(O)O)[C@H](OP(=O)(O)O)[C@@H](OC(=O)CCC)[C@@H](OP(=O)(O)OCOC(=O)CC)[C@H]1OP(=O)(O)O. The van der Waals surface area contributed by atoms with Crippen LogP contribution in [-0.4, -0.2) is 95.6 Å². The van der Waals surface area contributed by atoms with Gasteiger partial charge in [0.25, 0.3) is 0 Å². The number of carbonyl (C=O) groups is 3. The van der Waals surface area contributed by atoms with Crippen molar-refractivity contribution in [2.45, 2.75) is 89.5 Å². The smallest absolute Gasteiger partial charge is 0.457 e. The molecular weight excluding hydrogens is 692 g/mol. The Hall–Kier alpha value is -1.15. The molecule has 1 aliphatic rings. The van der Waals surface area contributed by atoms with Gasteiger partial charge in [-0.2, -0.15) is 0 Å². The second kappa shape index (κ2) is 17.1. The van der Waals surface area contributed by atoms with E-state index in [0.717, 1.165) is 0 Å². The summed E-state index contributed by atoms with van der Waals surface area (Å²) in [4.78, 5) is 104. The lowest BCUT2D eigenvalue weighted by Gasteiger charge is -2.48. The van der Waals surface area contributed by atoms with Gasteiger partial charge in [0.1, 0.15) is 24.4 Å². The van der Waals surface area contributed by atoms with E-state index in [1.54, 1.807) is 0 Å². The van der Waals surface area contributed by atoms with Crippen molar-refractivity contribution in [1.82, 2.24) is 0 Å². The highest BCUT2D eigenvalue weighted by atomic mass is 31.2. The molecule has 1 rings (SSSR count). The van der Waals surface area contributed by atoms with Crippen molar-refractivity contribution >= 4 is 49.2 Å². The van der Waals surface area contributed by atoms with E-state index < -0.39 is 105 Å². The van der Waals surface area contributed by atoms with Crippen molar-refractivity contribution in [2.75, 3.05) is 6.79 Å². The molecule has 7 N–H and O–H groups in total. The van der Waals surface area contributed by atoms with Gasteiger partial charge in [0.05, 0.1) is 0 Å². The first-order chi connectivity index (χ1) is 20.0. The third kappa shape index (κ3) is 15.0. The molecule has 0 aliphatic heterocycles. The number of carbonyl (C=O) groups excluding carboxylic acids is 3. The van der Waals surface area contributed by atoms with Crippen molar-refractivity contribution in [1.29, 1.82) is 0 Å². The molecule has 0 radical (unpaired) electrons. The number of esters is 3. The molecule has 0 aromatic carbocycles. The lowest BCUT2D eigenvalue weighted by Crippen LogP contribution is -2.67. The van der Waals surface area contributed by atoms with Gasteiger partial charge in [0, 0.05) is 19.3 Å². The molecule has 22 nitrogen and oxygen atoms in total. The van der Waals surface area contributed by atoms with Crippen molar-refractivity contribution in [3.8, 4) is 0 Å². The van der Waals surface area contributed by atoms with Crippen LogP contribution in [0.2, 0.25) is 0 Å². The maximum absolute atomic E-state index is 12.8. The minimum atomic E-state index is -5.82. The summed E-state index contributed by atoms with van der Waals surface area (Å²) < 4.78 is 86.4. The molecule has 7 atom stereocenters. The van der Waals surface area contributed by atoms with Gasteiger partial charge >= 0.3 is 49.2 Å². The summed E-state index contributed by atoms with van der Waals surface area (Å²) in [6.07, 6.45) is -16.8. The van der Waals surface area contributed by atoms with Crippen LogP contribution in [-0.2, 0) is 69.5 Å². The highest BCUT2D eigenvalue weighted by Crippen LogP contribution is 2.54. The molecule has 0 aromatic rings. The molecule has 1 fully saturated rings. The second-order valence-electron chi connectivity index (χ2n) is 8.75. The molecule has 1 unspecified atom stereocenters. The zero-order chi connectivity index (χ0) is 34.1. The Labute approximate surface area is 249 Å². The number of hydrogen-bond donors (Lipinski definition) is 7. The van der Waals surface area contributed by atoms with Gasteiger partial charge in [-0.25, -0.2) is 22.8 Å². The fraction of sp³-hybridized carbons (Fsp3) is 0.833. The molecule has 0 spiro atoms. The van der Waals surface area contributed by atoms with Crippen LogP contribution in [0.25, 0.3) is 0 Å². The van der Waals surface area contributed by atoms with Crippen molar-refractivity contribution in [3.05, 3.63) is 0 Å². The minimum Gasteiger partial charge on any atom is -0.457 e. The van der Waals surface area contributed by atoms with Crippen LogP contribution in [0.5, 0.6) is 0 Å². The molecule has 0 aromatic heterocycles. The molecule has 0 saturated heterocycles. The topological polar surface area (TPSA) is 335 Å². The normalized spacial score (nSPS) is 26.0. The van der Waals surface area contributed by atoms with Crippen LogP contribution >= 0.6 is 31.3 Å². The van der Waals surface area contributed by atoms with Crippen LogP contribution in [0.15, 0.2) is 0 Å². The van der Waals surface area contributed by atoms with Gasteiger partial charge in [0.2, 0.25) is 6.79 Å². The quantitative estimate of drug-likeness (QED) is 0.0431. The van der Waals surface area contributed by atoms with Crippen molar-refractivity contribution in [3.63, 3.8) is 0 Å². The fourth-order valence-corrected chi connectivity index (χ4v) is 6.09. The summed E-state index contributed by atoms with van der Waals surface area (Å²) in [6, 6.07) is 0. The Balaban J connectivity index is 3.96. The van der Waals surface area contributed by atoms with E-state index >= 15 is 0 Å². The van der Waals surface area contributed by atoms with E-state index in [9.17, 15) is 66.9 Å². The molecule has 258 valence electrons. The molecule has 0 amide bonds. The highest BCUT2D eigenvalue weighted by Gasteiger charge is 2.62. The first-order valence-electron chi connectivity index (χ1n) is 12.4.